The zero-order valence-electron chi connectivity index (χ0n) is 21.1. The van der Waals surface area contributed by atoms with Gasteiger partial charge in [0.15, 0.2) is 6.04 Å². The lowest BCUT2D eigenvalue weighted by atomic mass is 9.88. The molecule has 1 fully saturated rings. The molecule has 11 heteroatoms. The molecule has 3 amide bonds. The number of carbonyl (C=O) groups is 3. The van der Waals surface area contributed by atoms with Crippen molar-refractivity contribution < 1.29 is 32.0 Å². The van der Waals surface area contributed by atoms with Crippen molar-refractivity contribution in [3.05, 3.63) is 53.2 Å². The largest absolute Gasteiger partial charge is 0.468 e. The highest BCUT2D eigenvalue weighted by Crippen LogP contribution is 2.36. The fourth-order valence-electron chi connectivity index (χ4n) is 5.18. The minimum absolute atomic E-state index is 0.0461. The molecule has 0 spiro atoms. The van der Waals surface area contributed by atoms with Crippen molar-refractivity contribution in [2.75, 3.05) is 0 Å². The molecule has 4 rings (SSSR count). The maximum Gasteiger partial charge on any atom is 0.468 e. The van der Waals surface area contributed by atoms with Crippen LogP contribution in [0.25, 0.3) is 0 Å². The first-order chi connectivity index (χ1) is 17.4. The number of rotatable bonds is 7. The van der Waals surface area contributed by atoms with E-state index >= 15 is 0 Å². The normalized spacial score (nSPS) is 21.4. The molecule has 2 N–H and O–H groups in total. The summed E-state index contributed by atoms with van der Waals surface area (Å²) in [5.74, 6) is -3.53. The monoisotopic (exact) mass is 520 g/mol. The number of hydrogen-bond acceptors (Lipinski definition) is 5. The Morgan fingerprint density at radius 1 is 1.16 bits per heavy atom. The number of nitrogens with one attached hydrogen (secondary N) is 2. The number of halogens is 3. The molecule has 0 saturated carbocycles. The Balaban J connectivity index is 1.76. The van der Waals surface area contributed by atoms with E-state index in [4.69, 9.17) is 0 Å². The van der Waals surface area contributed by atoms with Crippen LogP contribution < -0.4 is 10.6 Å². The van der Waals surface area contributed by atoms with Crippen LogP contribution in [0, 0.1) is 11.8 Å². The zero-order valence-corrected chi connectivity index (χ0v) is 21.1. The Kier molecular flexibility index (Phi) is 7.34. The Bertz CT molecular complexity index is 1150. The molecule has 0 radical (unpaired) electrons. The highest BCUT2D eigenvalue weighted by atomic mass is 19.4. The standard InChI is InChI=1S/C26H31F3N4O4/c1-13(2)9-19-22(34)32-20(17-10-15-7-5-6-8-16(15)11-17)24(36)33(19)21(23(35)30-14(3)4)18-12-37-25(31-18)26(27,28)29/h5-8,12-14,17,19-21H,9-11H2,1-4H3,(H,30,35)(H,32,34)/t19-,20?,21-/m1/s1. The van der Waals surface area contributed by atoms with Crippen LogP contribution in [-0.2, 0) is 33.4 Å². The molecule has 0 bridgehead atoms. The van der Waals surface area contributed by atoms with E-state index in [1.54, 1.807) is 13.8 Å². The lowest BCUT2D eigenvalue weighted by molar-refractivity contribution is -0.158. The number of nitrogens with zero attached hydrogens (tertiary/aromatic N) is 2. The van der Waals surface area contributed by atoms with Crippen LogP contribution in [0.3, 0.4) is 0 Å². The van der Waals surface area contributed by atoms with Gasteiger partial charge in [-0.15, -0.1) is 0 Å². The Morgan fingerprint density at radius 3 is 2.30 bits per heavy atom. The van der Waals surface area contributed by atoms with Gasteiger partial charge in [0.2, 0.25) is 17.7 Å². The van der Waals surface area contributed by atoms with Gasteiger partial charge in [-0.1, -0.05) is 38.1 Å². The molecular weight excluding hydrogens is 489 g/mol. The van der Waals surface area contributed by atoms with Crippen LogP contribution in [0.1, 0.15) is 62.9 Å². The molecule has 3 atom stereocenters. The van der Waals surface area contributed by atoms with Crippen molar-refractivity contribution in [2.45, 2.75) is 77.3 Å². The van der Waals surface area contributed by atoms with Crippen LogP contribution in [-0.4, -0.2) is 45.7 Å². The summed E-state index contributed by atoms with van der Waals surface area (Å²) < 4.78 is 44.5. The van der Waals surface area contributed by atoms with E-state index < -0.39 is 47.9 Å². The van der Waals surface area contributed by atoms with Gasteiger partial charge in [0.1, 0.15) is 24.0 Å². The van der Waals surface area contributed by atoms with E-state index in [1.807, 2.05) is 38.1 Å². The maximum atomic E-state index is 14.1. The Labute approximate surface area is 213 Å². The summed E-state index contributed by atoms with van der Waals surface area (Å²) in [6, 6.07) is 3.80. The van der Waals surface area contributed by atoms with Crippen molar-refractivity contribution in [3.63, 3.8) is 0 Å². The van der Waals surface area contributed by atoms with E-state index in [9.17, 15) is 27.6 Å². The molecule has 1 aromatic carbocycles. The maximum absolute atomic E-state index is 14.1. The van der Waals surface area contributed by atoms with Gasteiger partial charge in [-0.05, 0) is 56.1 Å². The third-order valence-electron chi connectivity index (χ3n) is 6.71. The van der Waals surface area contributed by atoms with Gasteiger partial charge in [-0.25, -0.2) is 4.98 Å². The fraction of sp³-hybridized carbons (Fsp3) is 0.538. The summed E-state index contributed by atoms with van der Waals surface area (Å²) in [7, 11) is 0. The summed E-state index contributed by atoms with van der Waals surface area (Å²) in [5.41, 5.74) is 1.77. The number of hydrogen-bond donors (Lipinski definition) is 2. The number of benzene rings is 1. The van der Waals surface area contributed by atoms with E-state index in [-0.39, 0.29) is 30.0 Å². The molecule has 2 heterocycles. The molecule has 2 aromatic rings. The van der Waals surface area contributed by atoms with Gasteiger partial charge in [0.05, 0.1) is 0 Å². The van der Waals surface area contributed by atoms with Crippen molar-refractivity contribution >= 4 is 17.7 Å². The first-order valence-corrected chi connectivity index (χ1v) is 12.4. The molecule has 8 nitrogen and oxygen atoms in total. The topological polar surface area (TPSA) is 105 Å². The summed E-state index contributed by atoms with van der Waals surface area (Å²) in [6.07, 6.45) is -2.82. The first-order valence-electron chi connectivity index (χ1n) is 12.4. The highest BCUT2D eigenvalue weighted by molar-refractivity contribution is 6.00. The summed E-state index contributed by atoms with van der Waals surface area (Å²) in [6.45, 7) is 7.09. The third kappa shape index (κ3) is 5.50. The molecule has 2 aliphatic rings. The fourth-order valence-corrected chi connectivity index (χ4v) is 5.18. The number of aromatic nitrogens is 1. The molecule has 1 aromatic heterocycles. The summed E-state index contributed by atoms with van der Waals surface area (Å²) >= 11 is 0. The predicted molar refractivity (Wildman–Crippen MR) is 127 cm³/mol. The number of fused-ring (bicyclic) bond motifs is 1. The van der Waals surface area contributed by atoms with Crippen LogP contribution in [0.15, 0.2) is 34.9 Å². The van der Waals surface area contributed by atoms with Crippen LogP contribution in [0.4, 0.5) is 13.2 Å². The van der Waals surface area contributed by atoms with Gasteiger partial charge in [-0.2, -0.15) is 13.2 Å². The van der Waals surface area contributed by atoms with Crippen LogP contribution in [0.2, 0.25) is 0 Å². The number of alkyl halides is 3. The Morgan fingerprint density at radius 2 is 1.78 bits per heavy atom. The molecule has 1 aliphatic carbocycles. The van der Waals surface area contributed by atoms with Gasteiger partial charge >= 0.3 is 12.1 Å². The predicted octanol–water partition coefficient (Wildman–Crippen LogP) is 3.42. The molecule has 1 unspecified atom stereocenters. The first kappa shape index (κ1) is 26.7. The lowest BCUT2D eigenvalue weighted by Gasteiger charge is -2.44. The second kappa shape index (κ2) is 10.2. The minimum Gasteiger partial charge on any atom is -0.441 e. The van der Waals surface area contributed by atoms with Crippen LogP contribution in [0.5, 0.6) is 0 Å². The van der Waals surface area contributed by atoms with E-state index in [0.717, 1.165) is 22.3 Å². The number of carbonyl (C=O) groups excluding carboxylic acids is 3. The smallest absolute Gasteiger partial charge is 0.441 e. The van der Waals surface area contributed by atoms with Gasteiger partial charge < -0.3 is 20.0 Å². The highest BCUT2D eigenvalue weighted by Gasteiger charge is 2.50. The molecular formula is C26H31F3N4O4. The Hall–Kier alpha value is -3.37. The lowest BCUT2D eigenvalue weighted by Crippen LogP contribution is -2.67. The molecule has 200 valence electrons. The van der Waals surface area contributed by atoms with Gasteiger partial charge in [-0.3, -0.25) is 14.4 Å². The van der Waals surface area contributed by atoms with E-state index in [2.05, 4.69) is 20.0 Å². The molecule has 37 heavy (non-hydrogen) atoms. The van der Waals surface area contributed by atoms with E-state index in [1.165, 1.54) is 0 Å². The second-order valence-electron chi connectivity index (χ2n) is 10.5. The van der Waals surface area contributed by atoms with Crippen molar-refractivity contribution in [2.24, 2.45) is 11.8 Å². The average Bonchev–Trinajstić information content (AvgIpc) is 3.44. The molecule has 1 saturated heterocycles. The van der Waals surface area contributed by atoms with Crippen molar-refractivity contribution in [1.29, 1.82) is 0 Å². The number of oxazole rings is 1. The zero-order chi connectivity index (χ0) is 27.1. The number of amides is 3. The van der Waals surface area contributed by atoms with E-state index in [0.29, 0.717) is 12.8 Å². The van der Waals surface area contributed by atoms with Crippen molar-refractivity contribution in [1.82, 2.24) is 20.5 Å². The van der Waals surface area contributed by atoms with Gasteiger partial charge in [0, 0.05) is 6.04 Å². The summed E-state index contributed by atoms with van der Waals surface area (Å²) in [4.78, 5) is 45.5. The minimum atomic E-state index is -4.88. The quantitative estimate of drug-likeness (QED) is 0.582. The average molecular weight is 521 g/mol. The number of piperazine rings is 1. The molecule has 1 aliphatic heterocycles. The summed E-state index contributed by atoms with van der Waals surface area (Å²) in [5, 5.41) is 5.53. The third-order valence-corrected chi connectivity index (χ3v) is 6.71. The second-order valence-corrected chi connectivity index (χ2v) is 10.5. The SMILES string of the molecule is CC(C)C[C@@H]1C(=O)NC(C2Cc3ccccc3C2)C(=O)N1[C@@H](C(=O)NC(C)C)c1coc(C(F)(F)F)n1. The van der Waals surface area contributed by atoms with Crippen LogP contribution >= 0.6 is 0 Å². The van der Waals surface area contributed by atoms with Gasteiger partial charge in [0.25, 0.3) is 0 Å². The van der Waals surface area contributed by atoms with Crippen molar-refractivity contribution in [3.8, 4) is 0 Å².